The van der Waals surface area contributed by atoms with E-state index in [0.29, 0.717) is 0 Å². The molecule has 1 heteroatoms. The molecule has 0 amide bonds. The van der Waals surface area contributed by atoms with Gasteiger partial charge < -0.3 is 4.74 Å². The molecule has 1 rings (SSSR count). The smallest absolute Gasteiger partial charge is 0.0995 e. The summed E-state index contributed by atoms with van der Waals surface area (Å²) in [4.78, 5) is 0. The van der Waals surface area contributed by atoms with Crippen molar-refractivity contribution in [1.82, 2.24) is 0 Å². The first-order valence-electron chi connectivity index (χ1n) is 3.66. The summed E-state index contributed by atoms with van der Waals surface area (Å²) in [5, 5.41) is 0. The van der Waals surface area contributed by atoms with Gasteiger partial charge in [0.2, 0.25) is 0 Å². The van der Waals surface area contributed by atoms with Crippen LogP contribution in [0, 0.1) is 0 Å². The molecule has 0 unspecified atom stereocenters. The highest BCUT2D eigenvalue weighted by Gasteiger charge is 2.16. The van der Waals surface area contributed by atoms with Crippen LogP contribution < -0.4 is 0 Å². The standard InChI is InChI=1S/C9H14O/c1-4-7(2)9-8(3)5-6-10-9/h4-5,9H,6H2,1-3H3/t9-/m0/s1. The van der Waals surface area contributed by atoms with Crippen LogP contribution in [-0.4, -0.2) is 12.7 Å². The van der Waals surface area contributed by atoms with E-state index < -0.39 is 0 Å². The van der Waals surface area contributed by atoms with E-state index in [1.807, 2.05) is 6.92 Å². The summed E-state index contributed by atoms with van der Waals surface area (Å²) in [7, 11) is 0. The number of hydrogen-bond acceptors (Lipinski definition) is 1. The molecule has 56 valence electrons. The van der Waals surface area contributed by atoms with Crippen LogP contribution >= 0.6 is 0 Å². The highest BCUT2D eigenvalue weighted by Crippen LogP contribution is 2.20. The van der Waals surface area contributed by atoms with E-state index in [0.717, 1.165) is 6.61 Å². The number of ether oxygens (including phenoxy) is 1. The Morgan fingerprint density at radius 1 is 1.80 bits per heavy atom. The summed E-state index contributed by atoms with van der Waals surface area (Å²) in [6.45, 7) is 7.05. The molecule has 0 N–H and O–H groups in total. The average Bonchev–Trinajstić information content (AvgIpc) is 2.34. The van der Waals surface area contributed by atoms with Gasteiger partial charge in [-0.2, -0.15) is 0 Å². The second kappa shape index (κ2) is 3.02. The van der Waals surface area contributed by atoms with Crippen molar-refractivity contribution >= 4 is 0 Å². The lowest BCUT2D eigenvalue weighted by molar-refractivity contribution is 0.147. The monoisotopic (exact) mass is 138 g/mol. The molecule has 0 aromatic heterocycles. The van der Waals surface area contributed by atoms with Crippen molar-refractivity contribution in [2.75, 3.05) is 6.61 Å². The molecule has 1 nitrogen and oxygen atoms in total. The average molecular weight is 138 g/mol. The zero-order valence-electron chi connectivity index (χ0n) is 6.85. The van der Waals surface area contributed by atoms with Gasteiger partial charge in [0.1, 0.15) is 0 Å². The molecule has 0 spiro atoms. The van der Waals surface area contributed by atoms with Gasteiger partial charge in [-0.15, -0.1) is 0 Å². The Labute approximate surface area is 62.4 Å². The highest BCUT2D eigenvalue weighted by molar-refractivity contribution is 5.23. The Hall–Kier alpha value is -0.560. The van der Waals surface area contributed by atoms with Crippen molar-refractivity contribution < 1.29 is 4.74 Å². The molecule has 0 saturated carbocycles. The Kier molecular flexibility index (Phi) is 2.28. The molecule has 1 heterocycles. The van der Waals surface area contributed by atoms with Crippen molar-refractivity contribution in [1.29, 1.82) is 0 Å². The third kappa shape index (κ3) is 1.29. The molecule has 0 saturated heterocycles. The maximum atomic E-state index is 5.46. The van der Waals surface area contributed by atoms with Gasteiger partial charge in [-0.1, -0.05) is 12.2 Å². The summed E-state index contributed by atoms with van der Waals surface area (Å²) in [5.74, 6) is 0. The van der Waals surface area contributed by atoms with E-state index in [1.54, 1.807) is 0 Å². The predicted octanol–water partition coefficient (Wildman–Crippen LogP) is 2.30. The SMILES string of the molecule is CC=C(C)[C@@H]1OCC=C1C. The van der Waals surface area contributed by atoms with Crippen LogP contribution in [0.2, 0.25) is 0 Å². The molecule has 0 aliphatic carbocycles. The van der Waals surface area contributed by atoms with Crippen LogP contribution in [0.4, 0.5) is 0 Å². The molecule has 0 fully saturated rings. The molecular weight excluding hydrogens is 124 g/mol. The van der Waals surface area contributed by atoms with Gasteiger partial charge in [0.05, 0.1) is 12.7 Å². The van der Waals surface area contributed by atoms with Crippen LogP contribution in [-0.2, 0) is 4.74 Å². The minimum absolute atomic E-state index is 0.269. The lowest BCUT2D eigenvalue weighted by Gasteiger charge is -2.11. The fourth-order valence-corrected chi connectivity index (χ4v) is 1.16. The topological polar surface area (TPSA) is 9.23 Å². The van der Waals surface area contributed by atoms with E-state index in [9.17, 15) is 0 Å². The third-order valence-electron chi connectivity index (χ3n) is 1.95. The molecule has 0 radical (unpaired) electrons. The van der Waals surface area contributed by atoms with Crippen LogP contribution in [0.15, 0.2) is 23.3 Å². The Balaban J connectivity index is 2.67. The third-order valence-corrected chi connectivity index (χ3v) is 1.95. The maximum Gasteiger partial charge on any atom is 0.0995 e. The van der Waals surface area contributed by atoms with E-state index in [1.165, 1.54) is 11.1 Å². The zero-order valence-corrected chi connectivity index (χ0v) is 6.85. The number of hydrogen-bond donors (Lipinski definition) is 0. The largest absolute Gasteiger partial charge is 0.365 e. The Bertz CT molecular complexity index is 177. The van der Waals surface area contributed by atoms with Crippen molar-refractivity contribution in [3.63, 3.8) is 0 Å². The molecular formula is C9H14O. The van der Waals surface area contributed by atoms with Crippen LogP contribution in [0.5, 0.6) is 0 Å². The highest BCUT2D eigenvalue weighted by atomic mass is 16.5. The molecule has 1 aliphatic rings. The first kappa shape index (κ1) is 7.55. The number of rotatable bonds is 1. The van der Waals surface area contributed by atoms with Gasteiger partial charge in [0.25, 0.3) is 0 Å². The minimum atomic E-state index is 0.269. The minimum Gasteiger partial charge on any atom is -0.365 e. The fourth-order valence-electron chi connectivity index (χ4n) is 1.16. The van der Waals surface area contributed by atoms with Gasteiger partial charge in [-0.3, -0.25) is 0 Å². The van der Waals surface area contributed by atoms with Gasteiger partial charge in [0, 0.05) is 0 Å². The first-order valence-corrected chi connectivity index (χ1v) is 3.66. The summed E-state index contributed by atoms with van der Waals surface area (Å²) >= 11 is 0. The molecule has 0 aromatic carbocycles. The van der Waals surface area contributed by atoms with Crippen LogP contribution in [0.1, 0.15) is 20.8 Å². The normalized spacial score (nSPS) is 26.9. The van der Waals surface area contributed by atoms with E-state index in [2.05, 4.69) is 26.0 Å². The van der Waals surface area contributed by atoms with Gasteiger partial charge >= 0.3 is 0 Å². The molecule has 10 heavy (non-hydrogen) atoms. The summed E-state index contributed by atoms with van der Waals surface area (Å²) < 4.78 is 5.46. The van der Waals surface area contributed by atoms with E-state index >= 15 is 0 Å². The van der Waals surface area contributed by atoms with Crippen LogP contribution in [0.3, 0.4) is 0 Å². The van der Waals surface area contributed by atoms with E-state index in [-0.39, 0.29) is 6.10 Å². The van der Waals surface area contributed by atoms with Crippen molar-refractivity contribution in [3.05, 3.63) is 23.3 Å². The Morgan fingerprint density at radius 3 is 2.90 bits per heavy atom. The van der Waals surface area contributed by atoms with E-state index in [4.69, 9.17) is 4.74 Å². The van der Waals surface area contributed by atoms with Gasteiger partial charge in [-0.25, -0.2) is 0 Å². The van der Waals surface area contributed by atoms with Gasteiger partial charge in [0.15, 0.2) is 0 Å². The molecule has 0 bridgehead atoms. The first-order chi connectivity index (χ1) is 4.75. The number of allylic oxidation sites excluding steroid dienone is 1. The second-order valence-corrected chi connectivity index (χ2v) is 2.69. The molecule has 1 aliphatic heterocycles. The summed E-state index contributed by atoms with van der Waals surface area (Å²) in [6, 6.07) is 0. The fraction of sp³-hybridized carbons (Fsp3) is 0.556. The van der Waals surface area contributed by atoms with Crippen molar-refractivity contribution in [3.8, 4) is 0 Å². The van der Waals surface area contributed by atoms with Crippen LogP contribution in [0.25, 0.3) is 0 Å². The second-order valence-electron chi connectivity index (χ2n) is 2.69. The van der Waals surface area contributed by atoms with Crippen molar-refractivity contribution in [2.45, 2.75) is 26.9 Å². The lowest BCUT2D eigenvalue weighted by atomic mass is 10.1. The summed E-state index contributed by atoms with van der Waals surface area (Å²) in [6.07, 6.45) is 4.51. The maximum absolute atomic E-state index is 5.46. The predicted molar refractivity (Wildman–Crippen MR) is 42.9 cm³/mol. The lowest BCUT2D eigenvalue weighted by Crippen LogP contribution is -2.09. The quantitative estimate of drug-likeness (QED) is 0.505. The molecule has 1 atom stereocenters. The zero-order chi connectivity index (χ0) is 7.56. The summed E-state index contributed by atoms with van der Waals surface area (Å²) in [5.41, 5.74) is 2.65. The van der Waals surface area contributed by atoms with Gasteiger partial charge in [-0.05, 0) is 31.9 Å². The van der Waals surface area contributed by atoms with Crippen molar-refractivity contribution in [2.24, 2.45) is 0 Å². The Morgan fingerprint density at radius 2 is 2.50 bits per heavy atom. The molecule has 0 aromatic rings.